The lowest BCUT2D eigenvalue weighted by atomic mass is 10.1. The number of aryl methyl sites for hydroxylation is 1. The third-order valence-electron chi connectivity index (χ3n) is 5.16. The Labute approximate surface area is 161 Å². The average molecular weight is 365 g/mol. The van der Waals surface area contributed by atoms with Crippen LogP contribution in [0.15, 0.2) is 54.9 Å². The van der Waals surface area contributed by atoms with Gasteiger partial charge in [0, 0.05) is 45.5 Å². The molecule has 1 aliphatic rings. The van der Waals surface area contributed by atoms with Crippen LogP contribution in [-0.4, -0.2) is 53.3 Å². The number of hydrogen-bond donors (Lipinski definition) is 0. The Bertz CT molecular complexity index is 749. The molecular weight excluding hydrogens is 338 g/mol. The van der Waals surface area contributed by atoms with Crippen LogP contribution in [0.4, 0.5) is 0 Å². The Morgan fingerprint density at radius 1 is 1.11 bits per heavy atom. The van der Waals surface area contributed by atoms with Gasteiger partial charge in [0.2, 0.25) is 11.8 Å². The predicted molar refractivity (Wildman–Crippen MR) is 105 cm³/mol. The molecule has 1 fully saturated rings. The summed E-state index contributed by atoms with van der Waals surface area (Å²) in [6, 6.07) is 14.2. The van der Waals surface area contributed by atoms with Gasteiger partial charge in [-0.3, -0.25) is 14.6 Å². The summed E-state index contributed by atoms with van der Waals surface area (Å²) in [5.41, 5.74) is 2.45. The van der Waals surface area contributed by atoms with Gasteiger partial charge in [-0.25, -0.2) is 0 Å². The first-order valence-electron chi connectivity index (χ1n) is 9.59. The molecule has 0 radical (unpaired) electrons. The number of aromatic nitrogens is 1. The van der Waals surface area contributed by atoms with E-state index in [1.807, 2.05) is 42.3 Å². The maximum absolute atomic E-state index is 12.7. The first-order chi connectivity index (χ1) is 13.1. The Kier molecular flexibility index (Phi) is 6.58. The summed E-state index contributed by atoms with van der Waals surface area (Å²) in [6.45, 7) is 1.92. The fourth-order valence-electron chi connectivity index (χ4n) is 3.54. The van der Waals surface area contributed by atoms with Crippen LogP contribution in [0.2, 0.25) is 0 Å². The maximum Gasteiger partial charge on any atom is 0.227 e. The van der Waals surface area contributed by atoms with E-state index in [4.69, 9.17) is 0 Å². The van der Waals surface area contributed by atoms with Crippen molar-refractivity contribution >= 4 is 11.8 Å². The minimum Gasteiger partial charge on any atom is -0.345 e. The number of likely N-dealkylation sites (N-methyl/N-ethyl adjacent to an activating group) is 1. The molecule has 1 saturated heterocycles. The molecule has 2 heterocycles. The second-order valence-electron chi connectivity index (χ2n) is 7.20. The van der Waals surface area contributed by atoms with Crippen molar-refractivity contribution in [3.63, 3.8) is 0 Å². The number of benzene rings is 1. The van der Waals surface area contributed by atoms with Gasteiger partial charge < -0.3 is 9.80 Å². The smallest absolute Gasteiger partial charge is 0.227 e. The van der Waals surface area contributed by atoms with E-state index in [1.54, 1.807) is 17.3 Å². The van der Waals surface area contributed by atoms with Crippen LogP contribution in [0.5, 0.6) is 0 Å². The summed E-state index contributed by atoms with van der Waals surface area (Å²) >= 11 is 0. The monoisotopic (exact) mass is 365 g/mol. The molecule has 3 rings (SSSR count). The summed E-state index contributed by atoms with van der Waals surface area (Å²) in [6.07, 6.45) is 6.54. The van der Waals surface area contributed by atoms with Gasteiger partial charge in [0.15, 0.2) is 0 Å². The second-order valence-corrected chi connectivity index (χ2v) is 7.20. The van der Waals surface area contributed by atoms with Crippen molar-refractivity contribution in [1.29, 1.82) is 0 Å². The number of pyridine rings is 1. The highest BCUT2D eigenvalue weighted by Gasteiger charge is 2.35. The van der Waals surface area contributed by atoms with Crippen LogP contribution >= 0.6 is 0 Å². The topological polar surface area (TPSA) is 53.5 Å². The predicted octanol–water partition coefficient (Wildman–Crippen LogP) is 2.56. The van der Waals surface area contributed by atoms with Crippen molar-refractivity contribution in [1.82, 2.24) is 14.8 Å². The van der Waals surface area contributed by atoms with Gasteiger partial charge in [-0.15, -0.1) is 0 Å². The van der Waals surface area contributed by atoms with Crippen molar-refractivity contribution in [3.05, 3.63) is 66.0 Å². The number of likely N-dealkylation sites (tertiary alicyclic amines) is 1. The molecular formula is C22H27N3O2. The standard InChI is InChI=1S/C22H27N3O2/c1-24(15-11-19-9-12-23-13-10-19)22(27)20-16-21(26)25(17-20)14-5-8-18-6-3-2-4-7-18/h2-4,6-7,9-10,12-13,20H,5,8,11,14-17H2,1H3. The van der Waals surface area contributed by atoms with E-state index in [9.17, 15) is 9.59 Å². The van der Waals surface area contributed by atoms with Gasteiger partial charge in [0.1, 0.15) is 0 Å². The fourth-order valence-corrected chi connectivity index (χ4v) is 3.54. The maximum atomic E-state index is 12.7. The quantitative estimate of drug-likeness (QED) is 0.722. The van der Waals surface area contributed by atoms with Crippen LogP contribution < -0.4 is 0 Å². The average Bonchev–Trinajstić information content (AvgIpc) is 3.08. The molecule has 1 aromatic carbocycles. The van der Waals surface area contributed by atoms with E-state index in [0.717, 1.165) is 31.4 Å². The van der Waals surface area contributed by atoms with Crippen LogP contribution in [0.3, 0.4) is 0 Å². The summed E-state index contributed by atoms with van der Waals surface area (Å²) in [7, 11) is 1.83. The van der Waals surface area contributed by atoms with Gasteiger partial charge in [-0.1, -0.05) is 30.3 Å². The minimum absolute atomic E-state index is 0.0722. The lowest BCUT2D eigenvalue weighted by Crippen LogP contribution is -2.36. The minimum atomic E-state index is -0.211. The molecule has 1 aromatic heterocycles. The highest BCUT2D eigenvalue weighted by Crippen LogP contribution is 2.20. The Morgan fingerprint density at radius 2 is 1.81 bits per heavy atom. The molecule has 0 N–H and O–H groups in total. The highest BCUT2D eigenvalue weighted by atomic mass is 16.2. The zero-order chi connectivity index (χ0) is 19.1. The number of hydrogen-bond acceptors (Lipinski definition) is 3. The summed E-state index contributed by atoms with van der Waals surface area (Å²) in [5, 5.41) is 0. The Balaban J connectivity index is 1.43. The van der Waals surface area contributed by atoms with Crippen molar-refractivity contribution in [2.45, 2.75) is 25.7 Å². The molecule has 0 spiro atoms. The van der Waals surface area contributed by atoms with E-state index in [-0.39, 0.29) is 17.7 Å². The molecule has 0 aliphatic carbocycles. The van der Waals surface area contributed by atoms with E-state index in [1.165, 1.54) is 5.56 Å². The Hall–Kier alpha value is -2.69. The molecule has 0 bridgehead atoms. The van der Waals surface area contributed by atoms with E-state index >= 15 is 0 Å². The molecule has 1 unspecified atom stereocenters. The lowest BCUT2D eigenvalue weighted by molar-refractivity contribution is -0.134. The second kappa shape index (κ2) is 9.31. The van der Waals surface area contributed by atoms with Crippen molar-refractivity contribution in [2.24, 2.45) is 5.92 Å². The molecule has 2 aromatic rings. The molecule has 2 amide bonds. The van der Waals surface area contributed by atoms with Crippen LogP contribution in [0.1, 0.15) is 24.0 Å². The number of amides is 2. The third-order valence-corrected chi connectivity index (χ3v) is 5.16. The zero-order valence-electron chi connectivity index (χ0n) is 15.9. The number of carbonyl (C=O) groups is 2. The van der Waals surface area contributed by atoms with Gasteiger partial charge in [-0.2, -0.15) is 0 Å². The van der Waals surface area contributed by atoms with Crippen LogP contribution in [-0.2, 0) is 22.4 Å². The van der Waals surface area contributed by atoms with Gasteiger partial charge in [0.25, 0.3) is 0 Å². The molecule has 27 heavy (non-hydrogen) atoms. The molecule has 5 nitrogen and oxygen atoms in total. The van der Waals surface area contributed by atoms with Gasteiger partial charge in [0.05, 0.1) is 5.92 Å². The van der Waals surface area contributed by atoms with E-state index in [0.29, 0.717) is 19.5 Å². The first kappa shape index (κ1) is 19.1. The molecule has 1 atom stereocenters. The zero-order valence-corrected chi connectivity index (χ0v) is 15.9. The van der Waals surface area contributed by atoms with Crippen molar-refractivity contribution in [2.75, 3.05) is 26.7 Å². The highest BCUT2D eigenvalue weighted by molar-refractivity contribution is 5.89. The molecule has 1 aliphatic heterocycles. The van der Waals surface area contributed by atoms with Gasteiger partial charge in [-0.05, 0) is 42.5 Å². The van der Waals surface area contributed by atoms with Crippen LogP contribution in [0.25, 0.3) is 0 Å². The molecule has 0 saturated carbocycles. The van der Waals surface area contributed by atoms with Gasteiger partial charge >= 0.3 is 0 Å². The van der Waals surface area contributed by atoms with E-state index < -0.39 is 0 Å². The summed E-state index contributed by atoms with van der Waals surface area (Å²) < 4.78 is 0. The summed E-state index contributed by atoms with van der Waals surface area (Å²) in [4.78, 5) is 32.6. The number of nitrogens with zero attached hydrogens (tertiary/aromatic N) is 3. The number of rotatable bonds is 8. The molecule has 142 valence electrons. The third kappa shape index (κ3) is 5.39. The SMILES string of the molecule is CN(CCc1ccncc1)C(=O)C1CC(=O)N(CCCc2ccccc2)C1. The lowest BCUT2D eigenvalue weighted by Gasteiger charge is -2.21. The van der Waals surface area contributed by atoms with Crippen LogP contribution in [0, 0.1) is 5.92 Å². The number of carbonyl (C=O) groups excluding carboxylic acids is 2. The van der Waals surface area contributed by atoms with E-state index in [2.05, 4.69) is 17.1 Å². The van der Waals surface area contributed by atoms with Crippen molar-refractivity contribution < 1.29 is 9.59 Å². The van der Waals surface area contributed by atoms with Crippen molar-refractivity contribution in [3.8, 4) is 0 Å². The first-order valence-corrected chi connectivity index (χ1v) is 9.59. The normalized spacial score (nSPS) is 16.6. The molecule has 5 heteroatoms. The summed E-state index contributed by atoms with van der Waals surface area (Å²) in [5.74, 6) is -0.0384. The Morgan fingerprint density at radius 3 is 2.56 bits per heavy atom. The fraction of sp³-hybridized carbons (Fsp3) is 0.409. The largest absolute Gasteiger partial charge is 0.345 e.